The highest BCUT2D eigenvalue weighted by atomic mass is 32.2. The molecule has 0 saturated heterocycles. The molecule has 1 aliphatic rings. The monoisotopic (exact) mass is 289 g/mol. The summed E-state index contributed by atoms with van der Waals surface area (Å²) < 4.78 is 13.7. The Morgan fingerprint density at radius 1 is 1.45 bits per heavy atom. The second-order valence-corrected chi connectivity index (χ2v) is 6.79. The van der Waals surface area contributed by atoms with E-state index in [1.54, 1.807) is 0 Å². The second-order valence-electron chi connectivity index (χ2n) is 4.92. The van der Waals surface area contributed by atoms with Crippen LogP contribution in [-0.4, -0.2) is 31.8 Å². The number of anilines is 1. The molecule has 1 N–H and O–H groups in total. The lowest BCUT2D eigenvalue weighted by molar-refractivity contribution is 0.675. The maximum Gasteiger partial charge on any atom is 0.0951 e. The van der Waals surface area contributed by atoms with Gasteiger partial charge < -0.3 is 9.88 Å². The van der Waals surface area contributed by atoms with Gasteiger partial charge >= 0.3 is 0 Å². The molecule has 20 heavy (non-hydrogen) atoms. The highest BCUT2D eigenvalue weighted by Crippen LogP contribution is 2.34. The first-order chi connectivity index (χ1) is 9.79. The summed E-state index contributed by atoms with van der Waals surface area (Å²) in [5.74, 6) is 1.40. The Morgan fingerprint density at radius 3 is 3.20 bits per heavy atom. The van der Waals surface area contributed by atoms with Gasteiger partial charge in [0, 0.05) is 46.6 Å². The summed E-state index contributed by atoms with van der Waals surface area (Å²) in [5, 5.41) is 3.46. The molecule has 3 rings (SSSR count). The first kappa shape index (κ1) is 13.4. The van der Waals surface area contributed by atoms with Gasteiger partial charge in [0.25, 0.3) is 0 Å². The van der Waals surface area contributed by atoms with Crippen LogP contribution in [0.1, 0.15) is 12.5 Å². The molecule has 2 aromatic rings. The predicted octanol–water partition coefficient (Wildman–Crippen LogP) is 2.29. The molecule has 106 valence electrons. The third kappa shape index (κ3) is 2.50. The third-order valence-electron chi connectivity index (χ3n) is 3.72. The van der Waals surface area contributed by atoms with E-state index in [4.69, 9.17) is 0 Å². The minimum absolute atomic E-state index is 0.683. The molecule has 2 heterocycles. The molecule has 1 aliphatic heterocycles. The summed E-state index contributed by atoms with van der Waals surface area (Å²) in [6.07, 6.45) is 4.80. The van der Waals surface area contributed by atoms with E-state index in [-0.39, 0.29) is 0 Å². The van der Waals surface area contributed by atoms with Crippen LogP contribution in [0.3, 0.4) is 0 Å². The minimum atomic E-state index is -0.740. The van der Waals surface area contributed by atoms with E-state index in [9.17, 15) is 4.21 Å². The zero-order chi connectivity index (χ0) is 13.9. The van der Waals surface area contributed by atoms with E-state index in [1.165, 1.54) is 16.8 Å². The van der Waals surface area contributed by atoms with E-state index in [0.29, 0.717) is 11.5 Å². The first-order valence-electron chi connectivity index (χ1n) is 7.01. The van der Waals surface area contributed by atoms with Crippen molar-refractivity contribution in [1.29, 1.82) is 0 Å². The van der Waals surface area contributed by atoms with Gasteiger partial charge in [-0.2, -0.15) is 0 Å². The fraction of sp³-hybridized carbons (Fsp3) is 0.400. The molecule has 1 unspecified atom stereocenters. The van der Waals surface area contributed by atoms with E-state index >= 15 is 0 Å². The summed E-state index contributed by atoms with van der Waals surface area (Å²) in [6, 6.07) is 6.40. The number of nitrogens with one attached hydrogen (secondary N) is 1. The lowest BCUT2D eigenvalue weighted by atomic mass is 10.1. The average Bonchev–Trinajstić information content (AvgIpc) is 3.12. The lowest BCUT2D eigenvalue weighted by Gasteiger charge is -2.12. The summed E-state index contributed by atoms with van der Waals surface area (Å²) in [6.45, 7) is 3.71. The molecule has 0 aliphatic carbocycles. The highest BCUT2D eigenvalue weighted by Gasteiger charge is 2.17. The van der Waals surface area contributed by atoms with Crippen LogP contribution in [-0.2, 0) is 23.8 Å². The Hall–Kier alpha value is -1.62. The van der Waals surface area contributed by atoms with Gasteiger partial charge in [0.05, 0.1) is 18.2 Å². The molecule has 0 fully saturated rings. The Labute approximate surface area is 121 Å². The van der Waals surface area contributed by atoms with Crippen LogP contribution < -0.4 is 5.32 Å². The Kier molecular flexibility index (Phi) is 3.87. The number of hydrogen-bond donors (Lipinski definition) is 1. The van der Waals surface area contributed by atoms with E-state index in [1.807, 2.05) is 19.4 Å². The molecule has 0 radical (unpaired) electrons. The van der Waals surface area contributed by atoms with Crippen molar-refractivity contribution in [1.82, 2.24) is 9.55 Å². The summed E-state index contributed by atoms with van der Waals surface area (Å²) in [7, 11) is -0.740. The normalized spacial score (nSPS) is 14.8. The van der Waals surface area contributed by atoms with Gasteiger partial charge in [-0.1, -0.05) is 25.1 Å². The fourth-order valence-electron chi connectivity index (χ4n) is 2.62. The van der Waals surface area contributed by atoms with Gasteiger partial charge in [-0.3, -0.25) is 4.21 Å². The number of hydrogen-bond acceptors (Lipinski definition) is 3. The van der Waals surface area contributed by atoms with Crippen molar-refractivity contribution in [2.45, 2.75) is 19.9 Å². The fourth-order valence-corrected chi connectivity index (χ4v) is 3.31. The molecule has 4 nitrogen and oxygen atoms in total. The topological polar surface area (TPSA) is 46.9 Å². The third-order valence-corrected chi connectivity index (χ3v) is 5.00. The van der Waals surface area contributed by atoms with Crippen LogP contribution >= 0.6 is 0 Å². The van der Waals surface area contributed by atoms with Crippen molar-refractivity contribution in [2.75, 3.05) is 23.4 Å². The van der Waals surface area contributed by atoms with Crippen molar-refractivity contribution in [3.05, 3.63) is 36.3 Å². The van der Waals surface area contributed by atoms with Crippen LogP contribution in [0.25, 0.3) is 11.3 Å². The molecule has 5 heteroatoms. The second kappa shape index (κ2) is 5.79. The maximum atomic E-state index is 11.6. The molecule has 0 saturated carbocycles. The van der Waals surface area contributed by atoms with Gasteiger partial charge in [0.1, 0.15) is 0 Å². The van der Waals surface area contributed by atoms with Crippen molar-refractivity contribution >= 4 is 16.5 Å². The van der Waals surface area contributed by atoms with Gasteiger partial charge in [-0.15, -0.1) is 0 Å². The molecule has 0 spiro atoms. The number of fused-ring (bicyclic) bond motifs is 1. The van der Waals surface area contributed by atoms with E-state index in [2.05, 4.69) is 33.1 Å². The Morgan fingerprint density at radius 2 is 2.35 bits per heavy atom. The molecular formula is C15H19N3OS. The number of aromatic nitrogens is 2. The highest BCUT2D eigenvalue weighted by molar-refractivity contribution is 7.84. The van der Waals surface area contributed by atoms with Crippen molar-refractivity contribution in [3.8, 4) is 11.3 Å². The zero-order valence-electron chi connectivity index (χ0n) is 11.6. The number of para-hydroxylation sites is 1. The predicted molar refractivity (Wildman–Crippen MR) is 83.4 cm³/mol. The van der Waals surface area contributed by atoms with Crippen LogP contribution in [0.4, 0.5) is 5.69 Å². The summed E-state index contributed by atoms with van der Waals surface area (Å²) in [4.78, 5) is 4.26. The summed E-state index contributed by atoms with van der Waals surface area (Å²) >= 11 is 0. The minimum Gasteiger partial charge on any atom is -0.384 e. The van der Waals surface area contributed by atoms with Crippen LogP contribution in [0, 0.1) is 0 Å². The number of imidazole rings is 1. The van der Waals surface area contributed by atoms with Crippen LogP contribution in [0.5, 0.6) is 0 Å². The van der Waals surface area contributed by atoms with Gasteiger partial charge in [0.2, 0.25) is 0 Å². The van der Waals surface area contributed by atoms with Gasteiger partial charge in [0.15, 0.2) is 0 Å². The van der Waals surface area contributed by atoms with Crippen LogP contribution in [0.2, 0.25) is 0 Å². The molecule has 0 bridgehead atoms. The smallest absolute Gasteiger partial charge is 0.0951 e. The lowest BCUT2D eigenvalue weighted by Crippen LogP contribution is -2.09. The standard InChI is InChI=1S/C15H19N3OS/c1-2-20(19)9-8-18-11-16-10-14(18)13-5-3-4-12-6-7-17-15(12)13/h3-5,10-11,17H,2,6-9H2,1H3. The largest absolute Gasteiger partial charge is 0.384 e. The number of nitrogens with zero attached hydrogens (tertiary/aromatic N) is 2. The van der Waals surface area contributed by atoms with E-state index in [0.717, 1.165) is 25.2 Å². The average molecular weight is 289 g/mol. The van der Waals surface area contributed by atoms with Crippen molar-refractivity contribution in [3.63, 3.8) is 0 Å². The quantitative estimate of drug-likeness (QED) is 0.918. The molecule has 1 aromatic heterocycles. The van der Waals surface area contributed by atoms with E-state index < -0.39 is 10.8 Å². The Bertz CT molecular complexity index is 636. The Balaban J connectivity index is 1.90. The maximum absolute atomic E-state index is 11.6. The molecule has 0 amide bonds. The number of rotatable bonds is 5. The van der Waals surface area contributed by atoms with Gasteiger partial charge in [-0.25, -0.2) is 4.98 Å². The van der Waals surface area contributed by atoms with Crippen molar-refractivity contribution < 1.29 is 4.21 Å². The molecule has 1 aromatic carbocycles. The number of benzene rings is 1. The molecule has 1 atom stereocenters. The number of aryl methyl sites for hydroxylation is 1. The zero-order valence-corrected chi connectivity index (χ0v) is 12.4. The molecular weight excluding hydrogens is 270 g/mol. The first-order valence-corrected chi connectivity index (χ1v) is 8.49. The summed E-state index contributed by atoms with van der Waals surface area (Å²) in [5.41, 5.74) is 4.89. The van der Waals surface area contributed by atoms with Gasteiger partial charge in [-0.05, 0) is 12.0 Å². The van der Waals surface area contributed by atoms with Crippen LogP contribution in [0.15, 0.2) is 30.7 Å². The SMILES string of the molecule is CCS(=O)CCn1cncc1-c1cccc2c1NCC2. The van der Waals surface area contributed by atoms with Crippen molar-refractivity contribution in [2.24, 2.45) is 0 Å².